The number of aromatic nitrogens is 2. The molecule has 1 aliphatic heterocycles. The maximum Gasteiger partial charge on any atom is 0.270 e. The molecular weight excluding hydrogens is 601 g/mol. The number of aryl methyl sites for hydroxylation is 1. The summed E-state index contributed by atoms with van der Waals surface area (Å²) in [4.78, 5) is 44.0. The van der Waals surface area contributed by atoms with Crippen LogP contribution in [0.1, 0.15) is 74.8 Å². The highest BCUT2D eigenvalue weighted by molar-refractivity contribution is 7.89. The van der Waals surface area contributed by atoms with Crippen molar-refractivity contribution in [1.82, 2.24) is 29.6 Å². The lowest BCUT2D eigenvalue weighted by molar-refractivity contribution is -0.135. The van der Waals surface area contributed by atoms with E-state index in [0.29, 0.717) is 44.0 Å². The third-order valence-corrected chi connectivity index (χ3v) is 10.4. The minimum Gasteiger partial charge on any atom is -0.339 e. The Hall–Kier alpha value is -3.36. The van der Waals surface area contributed by atoms with E-state index in [-0.39, 0.29) is 23.3 Å². The predicted molar refractivity (Wildman–Crippen MR) is 170 cm³/mol. The number of piperazine rings is 1. The van der Waals surface area contributed by atoms with Gasteiger partial charge in [0.2, 0.25) is 21.8 Å². The average molecular weight is 648 g/mol. The van der Waals surface area contributed by atoms with Crippen LogP contribution in [0.25, 0.3) is 0 Å². The van der Waals surface area contributed by atoms with Crippen molar-refractivity contribution in [2.75, 3.05) is 44.3 Å². The first kappa shape index (κ1) is 34.5. The molecule has 2 aliphatic rings. The van der Waals surface area contributed by atoms with Crippen molar-refractivity contribution in [3.8, 4) is 0 Å². The van der Waals surface area contributed by atoms with Gasteiger partial charge in [0.05, 0.1) is 11.4 Å². The Morgan fingerprint density at radius 2 is 1.73 bits per heavy atom. The van der Waals surface area contributed by atoms with Crippen molar-refractivity contribution >= 4 is 33.4 Å². The Morgan fingerprint density at radius 3 is 2.36 bits per heavy atom. The number of hydrogen-bond donors (Lipinski definition) is 3. The third kappa shape index (κ3) is 8.67. The summed E-state index contributed by atoms with van der Waals surface area (Å²) in [6.07, 6.45) is 5.99. The molecular formula is C31H46FN7O5S. The molecule has 0 unspecified atom stereocenters. The lowest BCUT2D eigenvalue weighted by Gasteiger charge is -2.36. The van der Waals surface area contributed by atoms with Crippen molar-refractivity contribution in [2.24, 2.45) is 5.92 Å². The van der Waals surface area contributed by atoms with Crippen molar-refractivity contribution in [3.05, 3.63) is 47.5 Å². The highest BCUT2D eigenvalue weighted by atomic mass is 32.2. The number of amides is 3. The van der Waals surface area contributed by atoms with Crippen LogP contribution in [-0.4, -0.2) is 96.8 Å². The Balaban J connectivity index is 1.53. The lowest BCUT2D eigenvalue weighted by Crippen LogP contribution is -2.55. The molecule has 14 heteroatoms. The van der Waals surface area contributed by atoms with Gasteiger partial charge < -0.3 is 20.4 Å². The molecule has 2 fully saturated rings. The van der Waals surface area contributed by atoms with E-state index >= 15 is 4.39 Å². The second-order valence-corrected chi connectivity index (χ2v) is 14.1. The molecule has 3 atom stereocenters. The Labute approximate surface area is 265 Å². The molecule has 45 heavy (non-hydrogen) atoms. The highest BCUT2D eigenvalue weighted by Gasteiger charge is 2.35. The fourth-order valence-corrected chi connectivity index (χ4v) is 6.90. The van der Waals surface area contributed by atoms with Crippen molar-refractivity contribution in [3.63, 3.8) is 0 Å². The topological polar surface area (TPSA) is 146 Å². The normalized spacial score (nSPS) is 18.6. The van der Waals surface area contributed by atoms with Gasteiger partial charge in [0.25, 0.3) is 5.91 Å². The second-order valence-electron chi connectivity index (χ2n) is 12.0. The Bertz CT molecular complexity index is 1450. The fourth-order valence-electron chi connectivity index (χ4n) is 6.04. The van der Waals surface area contributed by atoms with Gasteiger partial charge in [-0.25, -0.2) is 17.5 Å². The van der Waals surface area contributed by atoms with Crippen LogP contribution in [0, 0.1) is 11.7 Å². The van der Waals surface area contributed by atoms with E-state index in [2.05, 4.69) is 25.4 Å². The van der Waals surface area contributed by atoms with Crippen LogP contribution in [-0.2, 0) is 26.2 Å². The standard InChI is InChI=1S/C31H46FN7O5S/c1-5-39-26(14-15-33-39)29(40)35-28(22-10-8-7-9-11-22)30(41)34-25-13-12-23(20-24(25)32)21(3)27(36-45(43,44)6-2)31(42)38-18-16-37(4)17-19-38/h12-15,20-22,27-28,36H,5-11,16-19H2,1-4H3,(H,34,41)(H,35,40)/t21-,27+,28-/m0/s1. The van der Waals surface area contributed by atoms with Gasteiger partial charge in [-0.15, -0.1) is 0 Å². The number of halogens is 1. The Morgan fingerprint density at radius 1 is 1.04 bits per heavy atom. The zero-order valence-electron chi connectivity index (χ0n) is 26.6. The van der Waals surface area contributed by atoms with E-state index in [0.717, 1.165) is 32.1 Å². The summed E-state index contributed by atoms with van der Waals surface area (Å²) in [5.74, 6) is -3.03. The molecule has 1 aromatic carbocycles. The van der Waals surface area contributed by atoms with E-state index in [9.17, 15) is 22.8 Å². The number of carbonyl (C=O) groups excluding carboxylic acids is 3. The molecule has 1 saturated carbocycles. The van der Waals surface area contributed by atoms with E-state index in [4.69, 9.17) is 0 Å². The minimum atomic E-state index is -3.75. The van der Waals surface area contributed by atoms with Gasteiger partial charge in [-0.05, 0) is 63.4 Å². The molecule has 3 N–H and O–H groups in total. The maximum absolute atomic E-state index is 15.6. The predicted octanol–water partition coefficient (Wildman–Crippen LogP) is 2.54. The molecule has 1 saturated heterocycles. The molecule has 0 bridgehead atoms. The molecule has 3 amide bonds. The van der Waals surface area contributed by atoms with Crippen molar-refractivity contribution in [2.45, 2.75) is 77.4 Å². The first-order valence-electron chi connectivity index (χ1n) is 15.8. The summed E-state index contributed by atoms with van der Waals surface area (Å²) in [6, 6.07) is 3.82. The smallest absolute Gasteiger partial charge is 0.270 e. The van der Waals surface area contributed by atoms with Crippen LogP contribution < -0.4 is 15.4 Å². The molecule has 1 aliphatic carbocycles. The summed E-state index contributed by atoms with van der Waals surface area (Å²) in [7, 11) is -1.79. The summed E-state index contributed by atoms with van der Waals surface area (Å²) in [6.45, 7) is 7.79. The summed E-state index contributed by atoms with van der Waals surface area (Å²) in [5, 5.41) is 9.68. The SMILES string of the molecule is CCn1nccc1C(=O)N[C@H](C(=O)Nc1ccc([C@H](C)[C@@H](NS(=O)(=O)CC)C(=O)N2CCN(C)CC2)cc1F)C1CCCCC1. The van der Waals surface area contributed by atoms with Gasteiger partial charge in [0.1, 0.15) is 23.6 Å². The number of anilines is 1. The molecule has 0 radical (unpaired) electrons. The van der Waals surface area contributed by atoms with E-state index < -0.39 is 45.7 Å². The summed E-state index contributed by atoms with van der Waals surface area (Å²) < 4.78 is 44.8. The molecule has 248 valence electrons. The first-order valence-corrected chi connectivity index (χ1v) is 17.5. The number of likely N-dealkylation sites (N-methyl/N-ethyl adjacent to an activating group) is 1. The lowest BCUT2D eigenvalue weighted by atomic mass is 9.83. The number of benzene rings is 1. The Kier molecular flexibility index (Phi) is 11.7. The summed E-state index contributed by atoms with van der Waals surface area (Å²) in [5.41, 5.74) is 0.678. The average Bonchev–Trinajstić information content (AvgIpc) is 3.53. The summed E-state index contributed by atoms with van der Waals surface area (Å²) >= 11 is 0. The van der Waals surface area contributed by atoms with Crippen LogP contribution in [0.5, 0.6) is 0 Å². The monoisotopic (exact) mass is 647 g/mol. The fraction of sp³-hybridized carbons (Fsp3) is 0.613. The molecule has 2 heterocycles. The van der Waals surface area contributed by atoms with Gasteiger partial charge in [-0.1, -0.05) is 32.3 Å². The number of hydrogen-bond acceptors (Lipinski definition) is 7. The number of nitrogens with one attached hydrogen (secondary N) is 3. The number of nitrogens with zero attached hydrogens (tertiary/aromatic N) is 4. The molecule has 4 rings (SSSR count). The number of sulfonamides is 1. The van der Waals surface area contributed by atoms with Gasteiger partial charge >= 0.3 is 0 Å². The first-order chi connectivity index (χ1) is 21.4. The quantitative estimate of drug-likeness (QED) is 0.321. The number of carbonyl (C=O) groups is 3. The van der Waals surface area contributed by atoms with Crippen LogP contribution in [0.2, 0.25) is 0 Å². The second kappa shape index (κ2) is 15.3. The van der Waals surface area contributed by atoms with Gasteiger partial charge in [-0.3, -0.25) is 19.1 Å². The van der Waals surface area contributed by atoms with Gasteiger partial charge in [0.15, 0.2) is 0 Å². The molecule has 1 aromatic heterocycles. The molecule has 2 aromatic rings. The third-order valence-electron chi connectivity index (χ3n) is 8.98. The van der Waals surface area contributed by atoms with Crippen LogP contribution in [0.4, 0.5) is 10.1 Å². The minimum absolute atomic E-state index is 0.0688. The highest BCUT2D eigenvalue weighted by Crippen LogP contribution is 2.29. The van der Waals surface area contributed by atoms with Gasteiger partial charge in [-0.2, -0.15) is 5.10 Å². The van der Waals surface area contributed by atoms with Crippen LogP contribution in [0.3, 0.4) is 0 Å². The number of rotatable bonds is 12. The van der Waals surface area contributed by atoms with Gasteiger partial charge in [0, 0.05) is 44.8 Å². The molecule has 12 nitrogen and oxygen atoms in total. The van der Waals surface area contributed by atoms with Crippen LogP contribution >= 0.6 is 0 Å². The molecule has 0 spiro atoms. The zero-order valence-corrected chi connectivity index (χ0v) is 27.4. The van der Waals surface area contributed by atoms with E-state index in [1.165, 1.54) is 25.3 Å². The van der Waals surface area contributed by atoms with E-state index in [1.54, 1.807) is 28.6 Å². The van der Waals surface area contributed by atoms with Crippen molar-refractivity contribution < 1.29 is 27.2 Å². The zero-order chi connectivity index (χ0) is 32.7. The maximum atomic E-state index is 15.6. The van der Waals surface area contributed by atoms with E-state index in [1.807, 2.05) is 14.0 Å². The van der Waals surface area contributed by atoms with Crippen LogP contribution in [0.15, 0.2) is 30.5 Å². The largest absolute Gasteiger partial charge is 0.339 e. The van der Waals surface area contributed by atoms with Crippen molar-refractivity contribution in [1.29, 1.82) is 0 Å².